The van der Waals surface area contributed by atoms with Crippen LogP contribution in [-0.4, -0.2) is 14.5 Å². The lowest BCUT2D eigenvalue weighted by Gasteiger charge is -2.19. The summed E-state index contributed by atoms with van der Waals surface area (Å²) in [6.07, 6.45) is 0. The van der Waals surface area contributed by atoms with Crippen LogP contribution in [0.15, 0.2) is 23.0 Å². The molecule has 0 aliphatic carbocycles. The number of hydrogen-bond donors (Lipinski definition) is 0. The van der Waals surface area contributed by atoms with Crippen molar-refractivity contribution in [2.24, 2.45) is 0 Å². The van der Waals surface area contributed by atoms with Gasteiger partial charge < -0.3 is 0 Å². The van der Waals surface area contributed by atoms with Gasteiger partial charge in [-0.05, 0) is 42.2 Å². The van der Waals surface area contributed by atoms with Gasteiger partial charge in [-0.2, -0.15) is 10.2 Å². The minimum absolute atomic E-state index is 0.00514. The summed E-state index contributed by atoms with van der Waals surface area (Å²) >= 11 is 11.9. The van der Waals surface area contributed by atoms with E-state index in [1.165, 1.54) is 4.57 Å². The van der Waals surface area contributed by atoms with E-state index in [9.17, 15) is 14.4 Å². The van der Waals surface area contributed by atoms with Gasteiger partial charge in [0.25, 0.3) is 0 Å². The Hall–Kier alpha value is -2.49. The number of hydrogen-bond acceptors (Lipinski definition) is 4. The molecule has 1 aromatic carbocycles. The van der Waals surface area contributed by atoms with Crippen LogP contribution in [0.25, 0.3) is 16.7 Å². The van der Waals surface area contributed by atoms with Crippen molar-refractivity contribution in [2.75, 3.05) is 0 Å². The number of benzene rings is 1. The molecule has 0 amide bonds. The third-order valence-corrected chi connectivity index (χ3v) is 4.59. The molecule has 0 saturated carbocycles. The molecule has 0 unspecified atom stereocenters. The van der Waals surface area contributed by atoms with Gasteiger partial charge in [0.05, 0.1) is 22.7 Å². The topological polar surface area (TPSA) is 71.6 Å². The van der Waals surface area contributed by atoms with Crippen LogP contribution < -0.4 is 5.69 Å². The average Bonchev–Trinajstić information content (AvgIpc) is 2.57. The normalized spacial score (nSPS) is 11.2. The van der Waals surface area contributed by atoms with Gasteiger partial charge >= 0.3 is 5.69 Å². The number of aryl methyl sites for hydroxylation is 1. The van der Waals surface area contributed by atoms with E-state index in [0.717, 1.165) is 11.6 Å². The van der Waals surface area contributed by atoms with E-state index >= 15 is 0 Å². The van der Waals surface area contributed by atoms with Gasteiger partial charge in [0.1, 0.15) is 5.15 Å². The molecule has 3 rings (SSSR count). The zero-order valence-corrected chi connectivity index (χ0v) is 15.7. The summed E-state index contributed by atoms with van der Waals surface area (Å²) in [4.78, 5) is 20.5. The van der Waals surface area contributed by atoms with Gasteiger partial charge in [-0.25, -0.2) is 18.7 Å². The minimum Gasteiger partial charge on any atom is -0.245 e. The van der Waals surface area contributed by atoms with E-state index in [1.807, 2.05) is 13.8 Å². The van der Waals surface area contributed by atoms with Crippen molar-refractivity contribution in [3.63, 3.8) is 0 Å². The second kappa shape index (κ2) is 6.67. The SMILES string of the molecule is Cc1cc(C#N)cc(C(C)C)c1-n1c(=O)nc(Cl)c2cc(F)c(Cl)nc21. The number of nitriles is 1. The van der Waals surface area contributed by atoms with Crippen molar-refractivity contribution in [1.82, 2.24) is 14.5 Å². The maximum atomic E-state index is 13.8. The molecular formula is C18H13Cl2FN4O. The molecule has 3 aromatic rings. The van der Waals surface area contributed by atoms with Gasteiger partial charge in [-0.15, -0.1) is 0 Å². The maximum absolute atomic E-state index is 13.8. The lowest BCUT2D eigenvalue weighted by atomic mass is 9.95. The van der Waals surface area contributed by atoms with Gasteiger partial charge in [0.2, 0.25) is 0 Å². The predicted octanol–water partition coefficient (Wildman–Crippen LogP) is 4.53. The van der Waals surface area contributed by atoms with Crippen LogP contribution in [-0.2, 0) is 0 Å². The maximum Gasteiger partial charge on any atom is 0.355 e. The lowest BCUT2D eigenvalue weighted by Crippen LogP contribution is -2.25. The van der Waals surface area contributed by atoms with Crippen LogP contribution in [0.4, 0.5) is 4.39 Å². The third-order valence-electron chi connectivity index (χ3n) is 4.04. The van der Waals surface area contributed by atoms with Crippen LogP contribution in [0.5, 0.6) is 0 Å². The Bertz CT molecular complexity index is 1150. The first-order valence-electron chi connectivity index (χ1n) is 7.74. The van der Waals surface area contributed by atoms with E-state index in [4.69, 9.17) is 23.2 Å². The molecule has 0 N–H and O–H groups in total. The first-order valence-corrected chi connectivity index (χ1v) is 8.49. The summed E-state index contributed by atoms with van der Waals surface area (Å²) < 4.78 is 15.1. The van der Waals surface area contributed by atoms with Crippen LogP contribution in [0.2, 0.25) is 10.3 Å². The van der Waals surface area contributed by atoms with Crippen molar-refractivity contribution < 1.29 is 4.39 Å². The zero-order valence-electron chi connectivity index (χ0n) is 14.1. The van der Waals surface area contributed by atoms with Gasteiger partial charge in [0, 0.05) is 0 Å². The first-order chi connectivity index (χ1) is 12.2. The predicted molar refractivity (Wildman–Crippen MR) is 98.7 cm³/mol. The number of rotatable bonds is 2. The lowest BCUT2D eigenvalue weighted by molar-refractivity contribution is 0.624. The van der Waals surface area contributed by atoms with E-state index < -0.39 is 11.5 Å². The highest BCUT2D eigenvalue weighted by Gasteiger charge is 2.20. The van der Waals surface area contributed by atoms with Crippen LogP contribution in [0.3, 0.4) is 0 Å². The van der Waals surface area contributed by atoms with Crippen LogP contribution >= 0.6 is 23.2 Å². The third kappa shape index (κ3) is 2.94. The summed E-state index contributed by atoms with van der Waals surface area (Å²) in [6, 6.07) is 6.59. The molecule has 0 bridgehead atoms. The Kier molecular flexibility index (Phi) is 4.70. The Balaban J connectivity index is 2.54. The molecule has 0 saturated heterocycles. The number of nitrogens with zero attached hydrogens (tertiary/aromatic N) is 4. The summed E-state index contributed by atoms with van der Waals surface area (Å²) in [6.45, 7) is 5.66. The largest absolute Gasteiger partial charge is 0.355 e. The standard InChI is InChI=1S/C18H13Cl2FN4O/c1-8(2)11-5-10(7-22)4-9(3)14(11)25-17-12(15(19)24-18(25)26)6-13(21)16(20)23-17/h4-6,8H,1-3H3. The minimum atomic E-state index is -0.756. The van der Waals surface area contributed by atoms with E-state index in [2.05, 4.69) is 16.0 Å². The van der Waals surface area contributed by atoms with E-state index in [0.29, 0.717) is 16.8 Å². The second-order valence-corrected chi connectivity index (χ2v) is 6.87. The molecule has 0 aliphatic heterocycles. The molecule has 2 aromatic heterocycles. The quantitative estimate of drug-likeness (QED) is 0.475. The summed E-state index contributed by atoms with van der Waals surface area (Å²) in [5, 5.41) is 8.89. The summed E-state index contributed by atoms with van der Waals surface area (Å²) in [7, 11) is 0. The highest BCUT2D eigenvalue weighted by Crippen LogP contribution is 2.31. The van der Waals surface area contributed by atoms with E-state index in [-0.39, 0.29) is 27.3 Å². The van der Waals surface area contributed by atoms with Crippen molar-refractivity contribution in [3.8, 4) is 11.8 Å². The molecule has 8 heteroatoms. The zero-order chi connectivity index (χ0) is 19.2. The van der Waals surface area contributed by atoms with Gasteiger partial charge in [-0.3, -0.25) is 0 Å². The Morgan fingerprint density at radius 3 is 2.50 bits per heavy atom. The Morgan fingerprint density at radius 2 is 1.88 bits per heavy atom. The molecule has 132 valence electrons. The molecule has 2 heterocycles. The summed E-state index contributed by atoms with van der Waals surface area (Å²) in [5.41, 5.74) is 1.90. The van der Waals surface area contributed by atoms with Crippen LogP contribution in [0.1, 0.15) is 36.5 Å². The van der Waals surface area contributed by atoms with Gasteiger partial charge in [-0.1, -0.05) is 37.0 Å². The fourth-order valence-corrected chi connectivity index (χ4v) is 3.23. The Morgan fingerprint density at radius 1 is 1.19 bits per heavy atom. The van der Waals surface area contributed by atoms with Crippen molar-refractivity contribution in [2.45, 2.75) is 26.7 Å². The number of pyridine rings is 1. The first kappa shape index (κ1) is 18.3. The van der Waals surface area contributed by atoms with E-state index in [1.54, 1.807) is 19.1 Å². The fourth-order valence-electron chi connectivity index (χ4n) is 2.88. The molecule has 0 aliphatic rings. The molecule has 5 nitrogen and oxygen atoms in total. The van der Waals surface area contributed by atoms with Crippen molar-refractivity contribution in [3.05, 3.63) is 61.5 Å². The number of fused-ring (bicyclic) bond motifs is 1. The highest BCUT2D eigenvalue weighted by atomic mass is 35.5. The van der Waals surface area contributed by atoms with Crippen molar-refractivity contribution >= 4 is 34.2 Å². The number of aromatic nitrogens is 3. The number of halogens is 3. The smallest absolute Gasteiger partial charge is 0.245 e. The van der Waals surface area contributed by atoms with Gasteiger partial charge in [0.15, 0.2) is 16.6 Å². The molecule has 0 radical (unpaired) electrons. The molecule has 0 spiro atoms. The summed E-state index contributed by atoms with van der Waals surface area (Å²) in [5.74, 6) is -0.751. The van der Waals surface area contributed by atoms with Crippen LogP contribution in [0, 0.1) is 24.1 Å². The molecular weight excluding hydrogens is 378 g/mol. The van der Waals surface area contributed by atoms with Crippen molar-refractivity contribution in [1.29, 1.82) is 5.26 Å². The average molecular weight is 391 g/mol. The molecule has 26 heavy (non-hydrogen) atoms. The molecule has 0 atom stereocenters. The monoisotopic (exact) mass is 390 g/mol. The molecule has 0 fully saturated rings. The fraction of sp³-hybridized carbons (Fsp3) is 0.222. The second-order valence-electron chi connectivity index (χ2n) is 6.15. The Labute approximate surface area is 158 Å². The highest BCUT2D eigenvalue weighted by molar-refractivity contribution is 6.34.